The van der Waals surface area contributed by atoms with Gasteiger partial charge in [0.1, 0.15) is 6.54 Å². The van der Waals surface area contributed by atoms with Gasteiger partial charge in [0.2, 0.25) is 5.91 Å². The van der Waals surface area contributed by atoms with Crippen LogP contribution in [0.25, 0.3) is 0 Å². The standard InChI is InChI=1S/C15H21N5O/c1-4-20(14-8-6-5-7-12(14)2)15(21)11-19-10-13(9-16-3)17-18-19/h5-8,10,16H,4,9,11H2,1-3H3. The monoisotopic (exact) mass is 287 g/mol. The Morgan fingerprint density at radius 3 is 2.81 bits per heavy atom. The zero-order chi connectivity index (χ0) is 15.2. The molecule has 0 radical (unpaired) electrons. The first-order valence-corrected chi connectivity index (χ1v) is 7.05. The largest absolute Gasteiger partial charge is 0.314 e. The van der Waals surface area contributed by atoms with E-state index >= 15 is 0 Å². The van der Waals surface area contributed by atoms with Gasteiger partial charge in [0.05, 0.1) is 11.9 Å². The van der Waals surface area contributed by atoms with Crippen LogP contribution in [0.15, 0.2) is 30.5 Å². The summed E-state index contributed by atoms with van der Waals surface area (Å²) in [7, 11) is 1.85. The minimum atomic E-state index is 0.00714. The zero-order valence-electron chi connectivity index (χ0n) is 12.7. The van der Waals surface area contributed by atoms with Crippen molar-refractivity contribution in [3.05, 3.63) is 41.7 Å². The smallest absolute Gasteiger partial charge is 0.248 e. The molecule has 1 aromatic heterocycles. The van der Waals surface area contributed by atoms with E-state index in [-0.39, 0.29) is 12.5 Å². The number of nitrogens with one attached hydrogen (secondary N) is 1. The summed E-state index contributed by atoms with van der Waals surface area (Å²) >= 11 is 0. The van der Waals surface area contributed by atoms with Crippen LogP contribution in [0.4, 0.5) is 5.69 Å². The first-order valence-electron chi connectivity index (χ1n) is 7.05. The number of aryl methyl sites for hydroxylation is 1. The first kappa shape index (κ1) is 15.2. The summed E-state index contributed by atoms with van der Waals surface area (Å²) < 4.78 is 1.58. The van der Waals surface area contributed by atoms with Crippen LogP contribution in [-0.4, -0.2) is 34.5 Å². The van der Waals surface area contributed by atoms with E-state index in [9.17, 15) is 4.79 Å². The van der Waals surface area contributed by atoms with Crippen molar-refractivity contribution in [2.24, 2.45) is 0 Å². The maximum absolute atomic E-state index is 12.5. The Balaban J connectivity index is 2.11. The molecule has 0 saturated heterocycles. The highest BCUT2D eigenvalue weighted by molar-refractivity contribution is 5.93. The van der Waals surface area contributed by atoms with Crippen molar-refractivity contribution < 1.29 is 4.79 Å². The Hall–Kier alpha value is -2.21. The molecular formula is C15H21N5O. The summed E-state index contributed by atoms with van der Waals surface area (Å²) in [5.41, 5.74) is 2.85. The number of anilines is 1. The average Bonchev–Trinajstić information content (AvgIpc) is 2.89. The molecule has 1 aromatic carbocycles. The molecule has 0 fully saturated rings. The molecule has 6 heteroatoms. The van der Waals surface area contributed by atoms with Crippen LogP contribution in [0, 0.1) is 6.92 Å². The van der Waals surface area contributed by atoms with Crippen LogP contribution in [-0.2, 0) is 17.9 Å². The van der Waals surface area contributed by atoms with Crippen molar-refractivity contribution >= 4 is 11.6 Å². The van der Waals surface area contributed by atoms with E-state index in [4.69, 9.17) is 0 Å². The van der Waals surface area contributed by atoms with Crippen molar-refractivity contribution in [3.63, 3.8) is 0 Å². The van der Waals surface area contributed by atoms with E-state index in [1.807, 2.05) is 45.2 Å². The lowest BCUT2D eigenvalue weighted by molar-refractivity contribution is -0.119. The molecule has 0 aliphatic rings. The number of likely N-dealkylation sites (N-methyl/N-ethyl adjacent to an activating group) is 1. The molecule has 6 nitrogen and oxygen atoms in total. The lowest BCUT2D eigenvalue weighted by atomic mass is 10.2. The fraction of sp³-hybridized carbons (Fsp3) is 0.400. The fourth-order valence-electron chi connectivity index (χ4n) is 2.25. The highest BCUT2D eigenvalue weighted by Gasteiger charge is 2.16. The van der Waals surface area contributed by atoms with Crippen molar-refractivity contribution in [1.82, 2.24) is 20.3 Å². The van der Waals surface area contributed by atoms with Gasteiger partial charge in [0.15, 0.2) is 0 Å². The van der Waals surface area contributed by atoms with Crippen LogP contribution in [0.2, 0.25) is 0 Å². The van der Waals surface area contributed by atoms with Gasteiger partial charge in [-0.1, -0.05) is 23.4 Å². The second-order valence-electron chi connectivity index (χ2n) is 4.86. The molecule has 0 bridgehead atoms. The second-order valence-corrected chi connectivity index (χ2v) is 4.86. The van der Waals surface area contributed by atoms with Gasteiger partial charge >= 0.3 is 0 Å². The molecule has 0 aliphatic heterocycles. The van der Waals surface area contributed by atoms with E-state index in [0.717, 1.165) is 16.9 Å². The molecule has 0 spiro atoms. The van der Waals surface area contributed by atoms with Gasteiger partial charge in [0, 0.05) is 18.8 Å². The predicted molar refractivity (Wildman–Crippen MR) is 82.0 cm³/mol. The third-order valence-corrected chi connectivity index (χ3v) is 3.26. The van der Waals surface area contributed by atoms with Gasteiger partial charge in [0.25, 0.3) is 0 Å². The predicted octanol–water partition coefficient (Wildman–Crippen LogP) is 1.36. The summed E-state index contributed by atoms with van der Waals surface area (Å²) in [4.78, 5) is 14.3. The number of hydrogen-bond donors (Lipinski definition) is 1. The van der Waals surface area contributed by atoms with Crippen LogP contribution in [0.1, 0.15) is 18.2 Å². The summed E-state index contributed by atoms with van der Waals surface area (Å²) in [5.74, 6) is 0.00714. The van der Waals surface area contributed by atoms with Crippen LogP contribution in [0.5, 0.6) is 0 Å². The number of carbonyl (C=O) groups is 1. The van der Waals surface area contributed by atoms with E-state index in [1.54, 1.807) is 15.8 Å². The molecule has 0 aliphatic carbocycles. The summed E-state index contributed by atoms with van der Waals surface area (Å²) in [5, 5.41) is 11.0. The average molecular weight is 287 g/mol. The molecule has 0 atom stereocenters. The van der Waals surface area contributed by atoms with Crippen LogP contribution < -0.4 is 10.2 Å². The van der Waals surface area contributed by atoms with Gasteiger partial charge in [-0.05, 0) is 32.5 Å². The Kier molecular flexibility index (Phi) is 5.05. The van der Waals surface area contributed by atoms with E-state index in [2.05, 4.69) is 15.6 Å². The number of carbonyl (C=O) groups excluding carboxylic acids is 1. The molecule has 1 heterocycles. The third-order valence-electron chi connectivity index (χ3n) is 3.26. The van der Waals surface area contributed by atoms with Crippen LogP contribution in [0.3, 0.4) is 0 Å². The van der Waals surface area contributed by atoms with Gasteiger partial charge in [-0.3, -0.25) is 4.79 Å². The van der Waals surface area contributed by atoms with Crippen molar-refractivity contribution in [2.45, 2.75) is 26.9 Å². The number of nitrogens with zero attached hydrogens (tertiary/aromatic N) is 4. The van der Waals surface area contributed by atoms with Crippen molar-refractivity contribution in [1.29, 1.82) is 0 Å². The lowest BCUT2D eigenvalue weighted by Gasteiger charge is -2.22. The molecular weight excluding hydrogens is 266 g/mol. The number of hydrogen-bond acceptors (Lipinski definition) is 4. The van der Waals surface area contributed by atoms with Gasteiger partial charge < -0.3 is 10.2 Å². The molecule has 21 heavy (non-hydrogen) atoms. The highest BCUT2D eigenvalue weighted by atomic mass is 16.2. The molecule has 2 aromatic rings. The molecule has 1 amide bonds. The first-order chi connectivity index (χ1) is 10.2. The maximum Gasteiger partial charge on any atom is 0.248 e. The van der Waals surface area contributed by atoms with Crippen LogP contribution >= 0.6 is 0 Å². The number of amides is 1. The van der Waals surface area contributed by atoms with E-state index in [0.29, 0.717) is 13.1 Å². The third kappa shape index (κ3) is 3.66. The number of rotatable bonds is 6. The van der Waals surface area contributed by atoms with Crippen molar-refractivity contribution in [2.75, 3.05) is 18.5 Å². The molecule has 2 rings (SSSR count). The molecule has 1 N–H and O–H groups in total. The molecule has 0 saturated carbocycles. The summed E-state index contributed by atoms with van der Waals surface area (Å²) in [6.45, 7) is 5.44. The molecule has 112 valence electrons. The minimum absolute atomic E-state index is 0.00714. The minimum Gasteiger partial charge on any atom is -0.314 e. The molecule has 0 unspecified atom stereocenters. The Labute approximate surface area is 124 Å². The Bertz CT molecular complexity index is 608. The number of benzene rings is 1. The fourth-order valence-corrected chi connectivity index (χ4v) is 2.25. The van der Waals surface area contributed by atoms with Gasteiger partial charge in [-0.25, -0.2) is 4.68 Å². The van der Waals surface area contributed by atoms with Gasteiger partial charge in [-0.2, -0.15) is 0 Å². The summed E-state index contributed by atoms with van der Waals surface area (Å²) in [6, 6.07) is 7.88. The SMILES string of the molecule is CCN(C(=O)Cn1cc(CNC)nn1)c1ccccc1C. The second kappa shape index (κ2) is 6.99. The summed E-state index contributed by atoms with van der Waals surface area (Å²) in [6.07, 6.45) is 1.79. The quantitative estimate of drug-likeness (QED) is 0.871. The Morgan fingerprint density at radius 2 is 2.14 bits per heavy atom. The normalized spacial score (nSPS) is 10.6. The topological polar surface area (TPSA) is 63.1 Å². The number of para-hydroxylation sites is 1. The highest BCUT2D eigenvalue weighted by Crippen LogP contribution is 2.19. The Morgan fingerprint density at radius 1 is 1.38 bits per heavy atom. The van der Waals surface area contributed by atoms with E-state index in [1.165, 1.54) is 0 Å². The lowest BCUT2D eigenvalue weighted by Crippen LogP contribution is -2.34. The van der Waals surface area contributed by atoms with E-state index < -0.39 is 0 Å². The van der Waals surface area contributed by atoms with Crippen molar-refractivity contribution in [3.8, 4) is 0 Å². The zero-order valence-corrected chi connectivity index (χ0v) is 12.7. The number of aromatic nitrogens is 3. The van der Waals surface area contributed by atoms with Gasteiger partial charge in [-0.15, -0.1) is 5.10 Å². The maximum atomic E-state index is 12.5.